The van der Waals surface area contributed by atoms with Gasteiger partial charge in [-0.1, -0.05) is 6.92 Å². The van der Waals surface area contributed by atoms with E-state index in [1.165, 1.54) is 12.1 Å². The van der Waals surface area contributed by atoms with E-state index in [0.717, 1.165) is 6.07 Å². The van der Waals surface area contributed by atoms with E-state index in [-0.39, 0.29) is 24.3 Å². The number of nitro benzene ring substituents is 1. The van der Waals surface area contributed by atoms with Gasteiger partial charge in [0, 0.05) is 11.6 Å². The fourth-order valence-corrected chi connectivity index (χ4v) is 1.60. The molecule has 8 nitrogen and oxygen atoms in total. The van der Waals surface area contributed by atoms with E-state index in [2.05, 4.69) is 0 Å². The summed E-state index contributed by atoms with van der Waals surface area (Å²) in [5.74, 6) is -1.51. The van der Waals surface area contributed by atoms with Crippen LogP contribution in [0.3, 0.4) is 0 Å². The largest absolute Gasteiger partial charge is 0.472 e. The highest BCUT2D eigenvalue weighted by atomic mass is 16.6. The SMILES string of the molecule is CCOC(=O)C(CC)Oc1ccc(C(N)=O)cc1[N+](=O)[O-]. The van der Waals surface area contributed by atoms with Gasteiger partial charge >= 0.3 is 11.7 Å². The first-order valence-electron chi connectivity index (χ1n) is 6.32. The highest BCUT2D eigenvalue weighted by molar-refractivity contribution is 5.93. The predicted molar refractivity (Wildman–Crippen MR) is 73.0 cm³/mol. The summed E-state index contributed by atoms with van der Waals surface area (Å²) in [5.41, 5.74) is 4.62. The van der Waals surface area contributed by atoms with Crippen LogP contribution in [0.4, 0.5) is 5.69 Å². The molecule has 0 radical (unpaired) electrons. The number of hydrogen-bond donors (Lipinski definition) is 1. The molecule has 0 bridgehead atoms. The van der Waals surface area contributed by atoms with Crippen LogP contribution in [0.5, 0.6) is 5.75 Å². The van der Waals surface area contributed by atoms with Crippen LogP contribution in [0.1, 0.15) is 30.6 Å². The minimum absolute atomic E-state index is 0.0155. The summed E-state index contributed by atoms with van der Waals surface area (Å²) >= 11 is 0. The van der Waals surface area contributed by atoms with Crippen LogP contribution in [0.25, 0.3) is 0 Å². The lowest BCUT2D eigenvalue weighted by atomic mass is 10.1. The lowest BCUT2D eigenvalue weighted by molar-refractivity contribution is -0.386. The zero-order chi connectivity index (χ0) is 16.0. The molecule has 21 heavy (non-hydrogen) atoms. The third-order valence-corrected chi connectivity index (χ3v) is 2.63. The Labute approximate surface area is 121 Å². The van der Waals surface area contributed by atoms with Crippen molar-refractivity contribution < 1.29 is 24.0 Å². The summed E-state index contributed by atoms with van der Waals surface area (Å²) in [4.78, 5) is 33.0. The lowest BCUT2D eigenvalue weighted by Crippen LogP contribution is -2.29. The molecule has 1 atom stereocenters. The molecule has 0 saturated heterocycles. The van der Waals surface area contributed by atoms with Gasteiger partial charge in [0.2, 0.25) is 5.91 Å². The van der Waals surface area contributed by atoms with Crippen molar-refractivity contribution in [1.82, 2.24) is 0 Å². The molecule has 0 heterocycles. The minimum atomic E-state index is -0.955. The van der Waals surface area contributed by atoms with E-state index in [0.29, 0.717) is 0 Å². The molecule has 1 amide bonds. The molecule has 1 aromatic rings. The highest BCUT2D eigenvalue weighted by Gasteiger charge is 2.25. The Hall–Kier alpha value is -2.64. The number of benzene rings is 1. The number of rotatable bonds is 7. The minimum Gasteiger partial charge on any atom is -0.472 e. The average Bonchev–Trinajstić information content (AvgIpc) is 2.44. The van der Waals surface area contributed by atoms with Crippen molar-refractivity contribution in [2.24, 2.45) is 5.73 Å². The molecule has 1 rings (SSSR count). The van der Waals surface area contributed by atoms with Gasteiger partial charge in [-0.2, -0.15) is 0 Å². The molecule has 2 N–H and O–H groups in total. The summed E-state index contributed by atoms with van der Waals surface area (Å²) in [6.45, 7) is 3.52. The Morgan fingerprint density at radius 3 is 2.52 bits per heavy atom. The number of nitrogens with zero attached hydrogens (tertiary/aromatic N) is 1. The second-order valence-corrected chi connectivity index (χ2v) is 4.07. The molecule has 114 valence electrons. The molecular formula is C13H16N2O6. The zero-order valence-electron chi connectivity index (χ0n) is 11.7. The van der Waals surface area contributed by atoms with Gasteiger partial charge < -0.3 is 15.2 Å². The van der Waals surface area contributed by atoms with E-state index in [9.17, 15) is 19.7 Å². The number of nitrogens with two attached hydrogens (primary N) is 1. The van der Waals surface area contributed by atoms with Gasteiger partial charge in [-0.05, 0) is 25.5 Å². The molecule has 0 fully saturated rings. The first-order chi connectivity index (χ1) is 9.90. The van der Waals surface area contributed by atoms with Crippen LogP contribution in [0.15, 0.2) is 18.2 Å². The maximum atomic E-state index is 11.6. The number of amides is 1. The quantitative estimate of drug-likeness (QED) is 0.461. The Morgan fingerprint density at radius 2 is 2.05 bits per heavy atom. The van der Waals surface area contributed by atoms with Crippen LogP contribution in [0.2, 0.25) is 0 Å². The number of nitro groups is 1. The standard InChI is InChI=1S/C13H16N2O6/c1-3-10(13(17)20-4-2)21-11-6-5-8(12(14)16)7-9(11)15(18)19/h5-7,10H,3-4H2,1-2H3,(H2,14,16). The predicted octanol–water partition coefficient (Wildman–Crippen LogP) is 1.41. The van der Waals surface area contributed by atoms with Crippen molar-refractivity contribution in [3.63, 3.8) is 0 Å². The maximum Gasteiger partial charge on any atom is 0.347 e. The molecule has 0 spiro atoms. The van der Waals surface area contributed by atoms with E-state index in [1.807, 2.05) is 0 Å². The summed E-state index contributed by atoms with van der Waals surface area (Å²) < 4.78 is 10.2. The van der Waals surface area contributed by atoms with E-state index in [1.54, 1.807) is 13.8 Å². The average molecular weight is 296 g/mol. The third-order valence-electron chi connectivity index (χ3n) is 2.63. The first kappa shape index (κ1) is 16.4. The molecular weight excluding hydrogens is 280 g/mol. The maximum absolute atomic E-state index is 11.6. The molecule has 0 aromatic heterocycles. The van der Waals surface area contributed by atoms with Gasteiger partial charge in [0.05, 0.1) is 11.5 Å². The van der Waals surface area contributed by atoms with Crippen LogP contribution in [-0.4, -0.2) is 29.5 Å². The van der Waals surface area contributed by atoms with Crippen molar-refractivity contribution >= 4 is 17.6 Å². The highest BCUT2D eigenvalue weighted by Crippen LogP contribution is 2.29. The van der Waals surface area contributed by atoms with Crippen molar-refractivity contribution in [2.45, 2.75) is 26.4 Å². The van der Waals surface area contributed by atoms with Gasteiger partial charge in [0.1, 0.15) is 0 Å². The van der Waals surface area contributed by atoms with E-state index >= 15 is 0 Å². The normalized spacial score (nSPS) is 11.5. The number of carbonyl (C=O) groups excluding carboxylic acids is 2. The Bertz CT molecular complexity index is 558. The van der Waals surface area contributed by atoms with Crippen molar-refractivity contribution in [3.8, 4) is 5.75 Å². The molecule has 0 aliphatic rings. The Kier molecular flexibility index (Phi) is 5.65. The second kappa shape index (κ2) is 7.22. The van der Waals surface area contributed by atoms with Gasteiger partial charge in [-0.25, -0.2) is 4.79 Å². The molecule has 1 aromatic carbocycles. The van der Waals surface area contributed by atoms with E-state index in [4.69, 9.17) is 15.2 Å². The number of ether oxygens (including phenoxy) is 2. The van der Waals surface area contributed by atoms with Crippen molar-refractivity contribution in [3.05, 3.63) is 33.9 Å². The van der Waals surface area contributed by atoms with Crippen LogP contribution >= 0.6 is 0 Å². The lowest BCUT2D eigenvalue weighted by Gasteiger charge is -2.16. The number of primary amides is 1. The molecule has 0 aliphatic heterocycles. The molecule has 0 saturated carbocycles. The van der Waals surface area contributed by atoms with Gasteiger partial charge in [-0.15, -0.1) is 0 Å². The number of hydrogen-bond acceptors (Lipinski definition) is 6. The monoisotopic (exact) mass is 296 g/mol. The molecule has 0 aliphatic carbocycles. The van der Waals surface area contributed by atoms with Gasteiger partial charge in [-0.3, -0.25) is 14.9 Å². The number of esters is 1. The Balaban J connectivity index is 3.09. The molecule has 1 unspecified atom stereocenters. The van der Waals surface area contributed by atoms with E-state index < -0.39 is 28.6 Å². The fourth-order valence-electron chi connectivity index (χ4n) is 1.60. The first-order valence-corrected chi connectivity index (χ1v) is 6.32. The summed E-state index contributed by atoms with van der Waals surface area (Å²) in [5, 5.41) is 11.0. The van der Waals surface area contributed by atoms with Crippen LogP contribution in [0, 0.1) is 10.1 Å². The zero-order valence-corrected chi connectivity index (χ0v) is 11.7. The fraction of sp³-hybridized carbons (Fsp3) is 0.385. The van der Waals surface area contributed by atoms with Crippen molar-refractivity contribution in [1.29, 1.82) is 0 Å². The molecule has 8 heteroatoms. The summed E-state index contributed by atoms with van der Waals surface area (Å²) in [7, 11) is 0. The van der Waals surface area contributed by atoms with Crippen LogP contribution in [-0.2, 0) is 9.53 Å². The summed E-state index contributed by atoms with van der Waals surface area (Å²) in [6, 6.07) is 3.54. The Morgan fingerprint density at radius 1 is 1.38 bits per heavy atom. The van der Waals surface area contributed by atoms with Crippen molar-refractivity contribution in [2.75, 3.05) is 6.61 Å². The second-order valence-electron chi connectivity index (χ2n) is 4.07. The van der Waals surface area contributed by atoms with Gasteiger partial charge in [0.15, 0.2) is 11.9 Å². The topological polar surface area (TPSA) is 122 Å². The van der Waals surface area contributed by atoms with Crippen LogP contribution < -0.4 is 10.5 Å². The number of carbonyl (C=O) groups is 2. The van der Waals surface area contributed by atoms with Gasteiger partial charge in [0.25, 0.3) is 0 Å². The summed E-state index contributed by atoms with van der Waals surface area (Å²) in [6.07, 6.45) is -0.670. The third kappa shape index (κ3) is 4.16. The smallest absolute Gasteiger partial charge is 0.347 e.